The maximum Gasteiger partial charge on any atom is 0.158 e. The molecule has 0 N–H and O–H groups in total. The van der Waals surface area contributed by atoms with Gasteiger partial charge in [-0.25, -0.2) is 0 Å². The van der Waals surface area contributed by atoms with Gasteiger partial charge in [0.1, 0.15) is 0 Å². The maximum atomic E-state index is 11.5. The molecule has 0 heterocycles. The fourth-order valence-corrected chi connectivity index (χ4v) is 2.05. The fraction of sp³-hybridized carbons (Fsp3) is 0.769. The van der Waals surface area contributed by atoms with Crippen molar-refractivity contribution in [2.75, 3.05) is 0 Å². The quantitative estimate of drug-likeness (QED) is 0.652. The van der Waals surface area contributed by atoms with E-state index in [0.717, 1.165) is 19.3 Å². The van der Waals surface area contributed by atoms with Crippen molar-refractivity contribution in [1.29, 1.82) is 0 Å². The van der Waals surface area contributed by atoms with Crippen molar-refractivity contribution in [3.8, 4) is 0 Å². The predicted molar refractivity (Wildman–Crippen MR) is 62.3 cm³/mol. The highest BCUT2D eigenvalue weighted by molar-refractivity contribution is 5.93. The molecular formula is C13H24O. The molecule has 2 unspecified atom stereocenters. The molecule has 0 aromatic carbocycles. The summed E-state index contributed by atoms with van der Waals surface area (Å²) in [5.41, 5.74) is 1.33. The summed E-state index contributed by atoms with van der Waals surface area (Å²) in [4.78, 5) is 11.5. The standard InChI is InChI=1S/C11H18O.C2H6/c1-4-9-6-8(3)10(5-2)11(12)7-9;1-2/h7-8,10H,4-6H2,1-3H3;1-2H3. The minimum absolute atomic E-state index is 0.292. The molecule has 1 rings (SSSR count). The van der Waals surface area contributed by atoms with Crippen LogP contribution in [0.4, 0.5) is 0 Å². The molecule has 82 valence electrons. The number of carbonyl (C=O) groups excluding carboxylic acids is 1. The molecule has 0 aromatic heterocycles. The van der Waals surface area contributed by atoms with Crippen LogP contribution in [0.1, 0.15) is 53.9 Å². The number of carbonyl (C=O) groups is 1. The second kappa shape index (κ2) is 6.80. The highest BCUT2D eigenvalue weighted by Gasteiger charge is 2.26. The highest BCUT2D eigenvalue weighted by atomic mass is 16.1. The van der Waals surface area contributed by atoms with Gasteiger partial charge in [0.15, 0.2) is 5.78 Å². The summed E-state index contributed by atoms with van der Waals surface area (Å²) >= 11 is 0. The summed E-state index contributed by atoms with van der Waals surface area (Å²) in [6.45, 7) is 10.4. The van der Waals surface area contributed by atoms with Crippen LogP contribution in [0.5, 0.6) is 0 Å². The molecule has 0 spiro atoms. The Labute approximate surface area is 88.6 Å². The van der Waals surface area contributed by atoms with Gasteiger partial charge in [-0.1, -0.05) is 40.2 Å². The molecule has 0 fully saturated rings. The molecule has 2 atom stereocenters. The Morgan fingerprint density at radius 1 is 1.36 bits per heavy atom. The van der Waals surface area contributed by atoms with E-state index in [1.165, 1.54) is 5.57 Å². The minimum atomic E-state index is 0.292. The van der Waals surface area contributed by atoms with Crippen molar-refractivity contribution < 1.29 is 4.79 Å². The smallest absolute Gasteiger partial charge is 0.158 e. The van der Waals surface area contributed by atoms with Crippen molar-refractivity contribution in [3.63, 3.8) is 0 Å². The summed E-state index contributed by atoms with van der Waals surface area (Å²) in [5.74, 6) is 1.20. The van der Waals surface area contributed by atoms with Crippen LogP contribution < -0.4 is 0 Å². The Bertz CT molecular complexity index is 203. The van der Waals surface area contributed by atoms with Gasteiger partial charge in [0.05, 0.1) is 0 Å². The van der Waals surface area contributed by atoms with Gasteiger partial charge in [-0.2, -0.15) is 0 Å². The average Bonchev–Trinajstić information content (AvgIpc) is 2.20. The van der Waals surface area contributed by atoms with Crippen molar-refractivity contribution in [3.05, 3.63) is 11.6 Å². The van der Waals surface area contributed by atoms with Crippen molar-refractivity contribution in [2.24, 2.45) is 11.8 Å². The van der Waals surface area contributed by atoms with Crippen molar-refractivity contribution in [2.45, 2.75) is 53.9 Å². The second-order valence-electron chi connectivity index (χ2n) is 3.75. The molecule has 1 aliphatic carbocycles. The van der Waals surface area contributed by atoms with Gasteiger partial charge in [-0.15, -0.1) is 0 Å². The first kappa shape index (κ1) is 13.4. The summed E-state index contributed by atoms with van der Waals surface area (Å²) < 4.78 is 0. The summed E-state index contributed by atoms with van der Waals surface area (Å²) in [7, 11) is 0. The number of hydrogen-bond acceptors (Lipinski definition) is 1. The molecule has 0 bridgehead atoms. The van der Waals surface area contributed by atoms with Crippen molar-refractivity contribution in [1.82, 2.24) is 0 Å². The zero-order chi connectivity index (χ0) is 11.1. The van der Waals surface area contributed by atoms with Crippen LogP contribution in [0.15, 0.2) is 11.6 Å². The van der Waals surface area contributed by atoms with Gasteiger partial charge < -0.3 is 0 Å². The van der Waals surface area contributed by atoms with E-state index in [0.29, 0.717) is 17.6 Å². The normalized spacial score (nSPS) is 26.4. The van der Waals surface area contributed by atoms with E-state index < -0.39 is 0 Å². The van der Waals surface area contributed by atoms with E-state index in [1.54, 1.807) is 0 Å². The zero-order valence-electron chi connectivity index (χ0n) is 10.3. The van der Waals surface area contributed by atoms with Crippen LogP contribution in [-0.2, 0) is 4.79 Å². The lowest BCUT2D eigenvalue weighted by atomic mass is 9.78. The third-order valence-electron chi connectivity index (χ3n) is 2.88. The minimum Gasteiger partial charge on any atom is -0.295 e. The van der Waals surface area contributed by atoms with Crippen LogP contribution in [0.25, 0.3) is 0 Å². The predicted octanol–water partition coefficient (Wildman–Crippen LogP) is 3.98. The molecule has 0 saturated heterocycles. The van der Waals surface area contributed by atoms with Crippen LogP contribution in [0, 0.1) is 11.8 Å². The largest absolute Gasteiger partial charge is 0.295 e. The average molecular weight is 196 g/mol. The van der Waals surface area contributed by atoms with Crippen molar-refractivity contribution >= 4 is 5.78 Å². The van der Waals surface area contributed by atoms with Gasteiger partial charge in [0.25, 0.3) is 0 Å². The maximum absolute atomic E-state index is 11.5. The van der Waals surface area contributed by atoms with Gasteiger partial charge in [-0.3, -0.25) is 4.79 Å². The lowest BCUT2D eigenvalue weighted by Crippen LogP contribution is -2.24. The fourth-order valence-electron chi connectivity index (χ4n) is 2.05. The van der Waals surface area contributed by atoms with Crippen LogP contribution >= 0.6 is 0 Å². The zero-order valence-corrected chi connectivity index (χ0v) is 10.3. The molecule has 0 amide bonds. The lowest BCUT2D eigenvalue weighted by Gasteiger charge is -2.26. The third-order valence-corrected chi connectivity index (χ3v) is 2.88. The molecule has 14 heavy (non-hydrogen) atoms. The van der Waals surface area contributed by atoms with Gasteiger partial charge in [0.2, 0.25) is 0 Å². The highest BCUT2D eigenvalue weighted by Crippen LogP contribution is 2.30. The molecule has 0 aromatic rings. The molecular weight excluding hydrogens is 172 g/mol. The molecule has 1 nitrogen and oxygen atoms in total. The summed E-state index contributed by atoms with van der Waals surface area (Å²) in [6.07, 6.45) is 5.02. The van der Waals surface area contributed by atoms with Gasteiger partial charge in [0, 0.05) is 5.92 Å². The van der Waals surface area contributed by atoms with E-state index in [9.17, 15) is 4.79 Å². The first-order chi connectivity index (χ1) is 6.69. The Balaban J connectivity index is 0.000000791. The van der Waals surface area contributed by atoms with E-state index in [4.69, 9.17) is 0 Å². The second-order valence-corrected chi connectivity index (χ2v) is 3.75. The van der Waals surface area contributed by atoms with Crippen LogP contribution in [0.3, 0.4) is 0 Å². The number of allylic oxidation sites excluding steroid dienone is 2. The first-order valence-electron chi connectivity index (χ1n) is 5.92. The Morgan fingerprint density at radius 2 is 1.93 bits per heavy atom. The Hall–Kier alpha value is -0.590. The molecule has 0 saturated carbocycles. The van der Waals surface area contributed by atoms with Crippen LogP contribution in [-0.4, -0.2) is 5.78 Å². The topological polar surface area (TPSA) is 17.1 Å². The van der Waals surface area contributed by atoms with E-state index in [-0.39, 0.29) is 0 Å². The van der Waals surface area contributed by atoms with E-state index >= 15 is 0 Å². The third kappa shape index (κ3) is 3.28. The number of hydrogen-bond donors (Lipinski definition) is 0. The summed E-state index contributed by atoms with van der Waals surface area (Å²) in [6, 6.07) is 0. The Morgan fingerprint density at radius 3 is 2.29 bits per heavy atom. The summed E-state index contributed by atoms with van der Waals surface area (Å²) in [5, 5.41) is 0. The van der Waals surface area contributed by atoms with Crippen LogP contribution in [0.2, 0.25) is 0 Å². The Kier molecular flexibility index (Phi) is 6.52. The van der Waals surface area contributed by atoms with Gasteiger partial charge in [-0.05, 0) is 31.3 Å². The SMILES string of the molecule is CC.CCC1=CC(=O)C(CC)C(C)C1. The number of rotatable bonds is 2. The molecule has 0 aliphatic heterocycles. The first-order valence-corrected chi connectivity index (χ1v) is 5.92. The lowest BCUT2D eigenvalue weighted by molar-refractivity contribution is -0.120. The monoisotopic (exact) mass is 196 g/mol. The molecule has 1 aliphatic rings. The molecule has 1 heteroatoms. The number of ketones is 1. The van der Waals surface area contributed by atoms with Gasteiger partial charge >= 0.3 is 0 Å². The molecule has 0 radical (unpaired) electrons. The van der Waals surface area contributed by atoms with E-state index in [2.05, 4.69) is 20.8 Å². The van der Waals surface area contributed by atoms with E-state index in [1.807, 2.05) is 19.9 Å².